The van der Waals surface area contributed by atoms with Gasteiger partial charge in [-0.2, -0.15) is 0 Å². The molecular formula is C11H23NO2. The van der Waals surface area contributed by atoms with Crippen molar-refractivity contribution in [2.75, 3.05) is 19.8 Å². The molecule has 0 fully saturated rings. The first-order valence-electron chi connectivity index (χ1n) is 5.65. The zero-order valence-corrected chi connectivity index (χ0v) is 9.47. The minimum Gasteiger partial charge on any atom is -0.382 e. The van der Waals surface area contributed by atoms with E-state index >= 15 is 0 Å². The summed E-state index contributed by atoms with van der Waals surface area (Å²) in [5.41, 5.74) is 0. The van der Waals surface area contributed by atoms with E-state index in [0.717, 1.165) is 45.4 Å². The van der Waals surface area contributed by atoms with Crippen molar-refractivity contribution in [1.29, 1.82) is 0 Å². The highest BCUT2D eigenvalue weighted by Gasteiger charge is 1.98. The molecule has 14 heavy (non-hydrogen) atoms. The maximum atomic E-state index is 11.2. The van der Waals surface area contributed by atoms with Gasteiger partial charge in [-0.3, -0.25) is 4.79 Å². The number of carbonyl (C=O) groups is 1. The van der Waals surface area contributed by atoms with Gasteiger partial charge in [0.2, 0.25) is 5.91 Å². The van der Waals surface area contributed by atoms with Crippen LogP contribution in [-0.4, -0.2) is 25.7 Å². The van der Waals surface area contributed by atoms with E-state index in [4.69, 9.17) is 4.74 Å². The van der Waals surface area contributed by atoms with Crippen LogP contribution in [0.5, 0.6) is 0 Å². The van der Waals surface area contributed by atoms with Crippen LogP contribution in [0, 0.1) is 0 Å². The van der Waals surface area contributed by atoms with Gasteiger partial charge in [-0.1, -0.05) is 19.8 Å². The van der Waals surface area contributed by atoms with Crippen LogP contribution in [0.3, 0.4) is 0 Å². The van der Waals surface area contributed by atoms with E-state index in [1.54, 1.807) is 0 Å². The van der Waals surface area contributed by atoms with Crippen LogP contribution in [0.4, 0.5) is 0 Å². The molecule has 0 aromatic carbocycles. The second-order valence-electron chi connectivity index (χ2n) is 3.36. The first kappa shape index (κ1) is 13.4. The van der Waals surface area contributed by atoms with Gasteiger partial charge in [0.25, 0.3) is 0 Å². The zero-order valence-electron chi connectivity index (χ0n) is 9.47. The number of nitrogens with one attached hydrogen (secondary N) is 1. The fraction of sp³-hybridized carbons (Fsp3) is 0.909. The molecular weight excluding hydrogens is 178 g/mol. The molecule has 0 aliphatic heterocycles. The van der Waals surface area contributed by atoms with Gasteiger partial charge in [-0.05, 0) is 19.8 Å². The van der Waals surface area contributed by atoms with Gasteiger partial charge in [-0.15, -0.1) is 0 Å². The molecule has 0 saturated heterocycles. The molecule has 1 amide bonds. The van der Waals surface area contributed by atoms with Crippen LogP contribution in [-0.2, 0) is 9.53 Å². The standard InChI is InChI=1S/C11H23NO2/c1-3-5-6-8-11(13)12-9-7-10-14-4-2/h3-10H2,1-2H3,(H,12,13). The summed E-state index contributed by atoms with van der Waals surface area (Å²) in [5.74, 6) is 0.176. The summed E-state index contributed by atoms with van der Waals surface area (Å²) in [6, 6.07) is 0. The lowest BCUT2D eigenvalue weighted by molar-refractivity contribution is -0.121. The lowest BCUT2D eigenvalue weighted by Gasteiger charge is -2.04. The molecule has 0 aromatic rings. The van der Waals surface area contributed by atoms with Crippen LogP contribution in [0.1, 0.15) is 46.0 Å². The SMILES string of the molecule is CCCCCC(=O)NCCCOCC. The Morgan fingerprint density at radius 3 is 2.64 bits per heavy atom. The molecule has 0 atom stereocenters. The van der Waals surface area contributed by atoms with Crippen LogP contribution < -0.4 is 5.32 Å². The summed E-state index contributed by atoms with van der Waals surface area (Å²) < 4.78 is 5.16. The summed E-state index contributed by atoms with van der Waals surface area (Å²) in [4.78, 5) is 11.2. The van der Waals surface area contributed by atoms with E-state index in [2.05, 4.69) is 12.2 Å². The highest BCUT2D eigenvalue weighted by atomic mass is 16.5. The highest BCUT2D eigenvalue weighted by Crippen LogP contribution is 1.98. The second-order valence-corrected chi connectivity index (χ2v) is 3.36. The molecule has 0 radical (unpaired) electrons. The van der Waals surface area contributed by atoms with Crippen molar-refractivity contribution in [2.24, 2.45) is 0 Å². The predicted molar refractivity (Wildman–Crippen MR) is 58.3 cm³/mol. The molecule has 0 aliphatic carbocycles. The van der Waals surface area contributed by atoms with Gasteiger partial charge in [-0.25, -0.2) is 0 Å². The van der Waals surface area contributed by atoms with Gasteiger partial charge >= 0.3 is 0 Å². The molecule has 0 heterocycles. The van der Waals surface area contributed by atoms with Gasteiger partial charge in [0.05, 0.1) is 0 Å². The number of hydrogen-bond donors (Lipinski definition) is 1. The highest BCUT2D eigenvalue weighted by molar-refractivity contribution is 5.75. The van der Waals surface area contributed by atoms with Gasteiger partial charge in [0, 0.05) is 26.2 Å². The normalized spacial score (nSPS) is 10.1. The van der Waals surface area contributed by atoms with E-state index < -0.39 is 0 Å². The number of unbranched alkanes of at least 4 members (excludes halogenated alkanes) is 2. The molecule has 3 heteroatoms. The Balaban J connectivity index is 3.10. The average Bonchev–Trinajstić information content (AvgIpc) is 2.18. The van der Waals surface area contributed by atoms with E-state index in [1.807, 2.05) is 6.92 Å². The number of carbonyl (C=O) groups excluding carboxylic acids is 1. The maximum Gasteiger partial charge on any atom is 0.219 e. The van der Waals surface area contributed by atoms with Gasteiger partial charge in [0.15, 0.2) is 0 Å². The monoisotopic (exact) mass is 201 g/mol. The van der Waals surface area contributed by atoms with Crippen molar-refractivity contribution >= 4 is 5.91 Å². The predicted octanol–water partition coefficient (Wildman–Crippen LogP) is 2.11. The molecule has 0 aromatic heterocycles. The first-order chi connectivity index (χ1) is 6.81. The minimum absolute atomic E-state index is 0.176. The molecule has 0 bridgehead atoms. The lowest BCUT2D eigenvalue weighted by atomic mass is 10.2. The van der Waals surface area contributed by atoms with Crippen molar-refractivity contribution in [3.8, 4) is 0 Å². The van der Waals surface area contributed by atoms with Crippen LogP contribution >= 0.6 is 0 Å². The molecule has 0 spiro atoms. The summed E-state index contributed by atoms with van der Waals surface area (Å²) in [6.45, 7) is 6.35. The molecule has 0 saturated carbocycles. The van der Waals surface area contributed by atoms with Crippen LogP contribution in [0.2, 0.25) is 0 Å². The van der Waals surface area contributed by atoms with Crippen molar-refractivity contribution in [1.82, 2.24) is 5.32 Å². The summed E-state index contributed by atoms with van der Waals surface area (Å²) in [6.07, 6.45) is 4.90. The maximum absolute atomic E-state index is 11.2. The van der Waals surface area contributed by atoms with Crippen LogP contribution in [0.15, 0.2) is 0 Å². The van der Waals surface area contributed by atoms with Crippen molar-refractivity contribution < 1.29 is 9.53 Å². The third-order valence-corrected chi connectivity index (χ3v) is 2.00. The zero-order chi connectivity index (χ0) is 10.6. The molecule has 1 N–H and O–H groups in total. The summed E-state index contributed by atoms with van der Waals surface area (Å²) in [7, 11) is 0. The average molecular weight is 201 g/mol. The lowest BCUT2D eigenvalue weighted by Crippen LogP contribution is -2.24. The van der Waals surface area contributed by atoms with E-state index in [0.29, 0.717) is 6.42 Å². The van der Waals surface area contributed by atoms with Crippen molar-refractivity contribution in [3.63, 3.8) is 0 Å². The van der Waals surface area contributed by atoms with Gasteiger partial charge < -0.3 is 10.1 Å². The fourth-order valence-electron chi connectivity index (χ4n) is 1.17. The topological polar surface area (TPSA) is 38.3 Å². The Morgan fingerprint density at radius 1 is 1.21 bits per heavy atom. The van der Waals surface area contributed by atoms with E-state index in [1.165, 1.54) is 0 Å². The Kier molecular flexibility index (Phi) is 10.1. The number of amides is 1. The Labute approximate surface area is 87.2 Å². The molecule has 0 aliphatic rings. The quantitative estimate of drug-likeness (QED) is 0.580. The van der Waals surface area contributed by atoms with E-state index in [-0.39, 0.29) is 5.91 Å². The van der Waals surface area contributed by atoms with Gasteiger partial charge in [0.1, 0.15) is 0 Å². The molecule has 0 rings (SSSR count). The first-order valence-corrected chi connectivity index (χ1v) is 5.65. The number of hydrogen-bond acceptors (Lipinski definition) is 2. The summed E-state index contributed by atoms with van der Waals surface area (Å²) in [5, 5.41) is 2.88. The Bertz CT molecular complexity index is 137. The third-order valence-electron chi connectivity index (χ3n) is 2.00. The second kappa shape index (κ2) is 10.5. The Hall–Kier alpha value is -0.570. The number of rotatable bonds is 9. The fourth-order valence-corrected chi connectivity index (χ4v) is 1.17. The molecule has 84 valence electrons. The van der Waals surface area contributed by atoms with Crippen LogP contribution in [0.25, 0.3) is 0 Å². The van der Waals surface area contributed by atoms with E-state index in [9.17, 15) is 4.79 Å². The third kappa shape index (κ3) is 9.52. The van der Waals surface area contributed by atoms with Crippen molar-refractivity contribution in [2.45, 2.75) is 46.0 Å². The number of ether oxygens (including phenoxy) is 1. The molecule has 0 unspecified atom stereocenters. The molecule has 3 nitrogen and oxygen atoms in total. The van der Waals surface area contributed by atoms with Crippen molar-refractivity contribution in [3.05, 3.63) is 0 Å². The smallest absolute Gasteiger partial charge is 0.219 e. The summed E-state index contributed by atoms with van der Waals surface area (Å²) >= 11 is 0. The minimum atomic E-state index is 0.176. The Morgan fingerprint density at radius 2 is 2.00 bits per heavy atom. The largest absolute Gasteiger partial charge is 0.382 e.